The molecule has 1 aliphatic rings. The molecule has 7 heteroatoms. The van der Waals surface area contributed by atoms with Crippen LogP contribution >= 0.6 is 0 Å². The highest BCUT2D eigenvalue weighted by Gasteiger charge is 2.47. The van der Waals surface area contributed by atoms with Crippen LogP contribution in [0, 0.1) is 0 Å². The molecule has 4 aromatic rings. The number of hydrogen-bond donors (Lipinski definition) is 1. The molecule has 2 heterocycles. The van der Waals surface area contributed by atoms with Gasteiger partial charge in [-0.15, -0.1) is 10.9 Å². The molecule has 0 saturated heterocycles. The minimum Gasteiger partial charge on any atom is -0.487 e. The molecule has 0 radical (unpaired) electrons. The van der Waals surface area contributed by atoms with Crippen molar-refractivity contribution in [1.29, 1.82) is 0 Å². The van der Waals surface area contributed by atoms with E-state index in [-0.39, 0.29) is 0 Å². The van der Waals surface area contributed by atoms with Crippen molar-refractivity contribution in [3.63, 3.8) is 0 Å². The molecule has 1 N–H and O–H groups in total. The van der Waals surface area contributed by atoms with E-state index in [0.717, 1.165) is 17.0 Å². The van der Waals surface area contributed by atoms with Crippen molar-refractivity contribution in [1.82, 2.24) is 4.68 Å². The highest BCUT2D eigenvalue weighted by Crippen LogP contribution is 2.34. The summed E-state index contributed by atoms with van der Waals surface area (Å²) in [5.41, 5.74) is 2.53. The monoisotopic (exact) mass is 391 g/mol. The van der Waals surface area contributed by atoms with E-state index in [1.165, 1.54) is 12.1 Å². The lowest BCUT2D eigenvalue weighted by atomic mass is 9.37. The number of halogens is 3. The van der Waals surface area contributed by atoms with Crippen LogP contribution in [0.25, 0.3) is 5.69 Å². The molecule has 5 rings (SSSR count). The predicted molar refractivity (Wildman–Crippen MR) is 108 cm³/mol. The van der Waals surface area contributed by atoms with Crippen LogP contribution in [-0.2, 0) is 6.18 Å². The minimum atomic E-state index is -4.40. The number of nitrogens with zero attached hydrogens (tertiary/aromatic N) is 2. The standard InChI is InChI=1S/C22H17BF3N3/c24-22(25,26)17-12-13-20-21(16-17)28-14-7-15-29(28)23(27-20,18-8-3-1-4-9-18)19-10-5-2-6-11-19/h1-16,27H. The summed E-state index contributed by atoms with van der Waals surface area (Å²) < 4.78 is 43.7. The van der Waals surface area contributed by atoms with Crippen LogP contribution in [0.3, 0.4) is 0 Å². The van der Waals surface area contributed by atoms with Crippen molar-refractivity contribution in [2.24, 2.45) is 0 Å². The van der Waals surface area contributed by atoms with Gasteiger partial charge in [-0.3, -0.25) is 4.59 Å². The van der Waals surface area contributed by atoms with Gasteiger partial charge in [-0.05, 0) is 18.2 Å². The van der Waals surface area contributed by atoms with Crippen molar-refractivity contribution in [3.05, 3.63) is 103 Å². The molecule has 1 aromatic heterocycles. The van der Waals surface area contributed by atoms with Crippen LogP contribution in [0.15, 0.2) is 97.3 Å². The summed E-state index contributed by atoms with van der Waals surface area (Å²) in [4.78, 5) is 0. The Bertz CT molecular complexity index is 1130. The van der Waals surface area contributed by atoms with Gasteiger partial charge in [0.05, 0.1) is 11.8 Å². The third-order valence-corrected chi connectivity index (χ3v) is 5.61. The van der Waals surface area contributed by atoms with Crippen molar-refractivity contribution in [2.75, 3.05) is 5.23 Å². The van der Waals surface area contributed by atoms with E-state index < -0.39 is 18.2 Å². The first kappa shape index (κ1) is 17.6. The molecular weight excluding hydrogens is 374 g/mol. The van der Waals surface area contributed by atoms with E-state index in [0.29, 0.717) is 11.4 Å². The van der Waals surface area contributed by atoms with Crippen LogP contribution in [0.1, 0.15) is 5.56 Å². The fourth-order valence-electron chi connectivity index (χ4n) is 4.32. The molecular formula is C22H17BF3N3. The lowest BCUT2D eigenvalue weighted by molar-refractivity contribution is -0.625. The Labute approximate surface area is 166 Å². The molecule has 0 spiro atoms. The normalized spacial score (nSPS) is 14.6. The molecule has 144 valence electrons. The minimum absolute atomic E-state index is 0.467. The molecule has 0 unspecified atom stereocenters. The number of nitrogens with one attached hydrogen (secondary N) is 1. The van der Waals surface area contributed by atoms with Crippen molar-refractivity contribution < 1.29 is 17.8 Å². The van der Waals surface area contributed by atoms with Gasteiger partial charge in [-0.2, -0.15) is 17.9 Å². The second-order valence-electron chi connectivity index (χ2n) is 7.23. The van der Waals surface area contributed by atoms with Gasteiger partial charge in [0, 0.05) is 11.8 Å². The maximum atomic E-state index is 13.3. The van der Waals surface area contributed by atoms with Gasteiger partial charge in [-0.1, -0.05) is 60.7 Å². The largest absolute Gasteiger partial charge is 0.487 e. The third-order valence-electron chi connectivity index (χ3n) is 5.61. The number of anilines is 1. The topological polar surface area (TPSA) is 20.8 Å². The molecule has 3 nitrogen and oxygen atoms in total. The average molecular weight is 391 g/mol. The Morgan fingerprint density at radius 1 is 0.793 bits per heavy atom. The molecule has 0 fully saturated rings. The molecule has 0 atom stereocenters. The summed E-state index contributed by atoms with van der Waals surface area (Å²) in [5, 5.41) is 3.60. The first-order chi connectivity index (χ1) is 14.0. The Morgan fingerprint density at radius 3 is 2.00 bits per heavy atom. The van der Waals surface area contributed by atoms with Gasteiger partial charge in [0.15, 0.2) is 0 Å². The number of hydrogen-bond acceptors (Lipinski definition) is 1. The fourth-order valence-corrected chi connectivity index (χ4v) is 4.32. The number of rotatable bonds is 2. The average Bonchev–Trinajstić information content (AvgIpc) is 3.24. The van der Waals surface area contributed by atoms with Crippen LogP contribution in [0.5, 0.6) is 0 Å². The Balaban J connectivity index is 1.80. The molecule has 0 aliphatic carbocycles. The van der Waals surface area contributed by atoms with Crippen LogP contribution in [-0.4, -0.2) is 11.1 Å². The van der Waals surface area contributed by atoms with Crippen molar-refractivity contribution in [2.45, 2.75) is 6.18 Å². The molecule has 1 aliphatic heterocycles. The number of benzene rings is 3. The van der Waals surface area contributed by atoms with Crippen LogP contribution in [0.2, 0.25) is 0 Å². The van der Waals surface area contributed by atoms with Gasteiger partial charge in [0.25, 0.3) is 0 Å². The third kappa shape index (κ3) is 2.65. The molecule has 0 amide bonds. The van der Waals surface area contributed by atoms with E-state index in [4.69, 9.17) is 0 Å². The SMILES string of the molecule is FC(F)(F)c1ccc2c(c1)-n1ccc[n+]1[B-](c1ccccc1)(c1ccccc1)N2. The van der Waals surface area contributed by atoms with E-state index in [1.807, 2.05) is 77.5 Å². The zero-order chi connectivity index (χ0) is 20.1. The van der Waals surface area contributed by atoms with Gasteiger partial charge in [0.1, 0.15) is 11.9 Å². The highest BCUT2D eigenvalue weighted by atomic mass is 19.4. The zero-order valence-corrected chi connectivity index (χ0v) is 15.3. The van der Waals surface area contributed by atoms with Gasteiger partial charge in [-0.25, -0.2) is 0 Å². The van der Waals surface area contributed by atoms with E-state index in [2.05, 4.69) is 5.23 Å². The quantitative estimate of drug-likeness (QED) is 0.520. The maximum Gasteiger partial charge on any atom is 0.450 e. The fraction of sp³-hybridized carbons (Fsp3) is 0.0455. The Morgan fingerprint density at radius 2 is 1.41 bits per heavy atom. The maximum absolute atomic E-state index is 13.3. The van der Waals surface area contributed by atoms with Crippen molar-refractivity contribution >= 4 is 23.0 Å². The van der Waals surface area contributed by atoms with E-state index >= 15 is 0 Å². The Kier molecular flexibility index (Phi) is 3.81. The van der Waals surface area contributed by atoms with Crippen molar-refractivity contribution in [3.8, 4) is 5.69 Å². The molecule has 0 bridgehead atoms. The number of aromatic nitrogens is 2. The number of alkyl halides is 3. The van der Waals surface area contributed by atoms with Crippen LogP contribution < -0.4 is 20.7 Å². The summed E-state index contributed by atoms with van der Waals surface area (Å²) >= 11 is 0. The summed E-state index contributed by atoms with van der Waals surface area (Å²) in [6, 6.07) is 25.6. The van der Waals surface area contributed by atoms with Gasteiger partial charge >= 0.3 is 12.6 Å². The second-order valence-corrected chi connectivity index (χ2v) is 7.23. The van der Waals surface area contributed by atoms with E-state index in [1.54, 1.807) is 10.9 Å². The Hall–Kier alpha value is -3.48. The van der Waals surface area contributed by atoms with Gasteiger partial charge < -0.3 is 5.23 Å². The predicted octanol–water partition coefficient (Wildman–Crippen LogP) is 3.31. The molecule has 0 saturated carbocycles. The summed E-state index contributed by atoms with van der Waals surface area (Å²) in [6.07, 6.45) is -2.39. The second kappa shape index (κ2) is 6.27. The first-order valence-electron chi connectivity index (χ1n) is 9.36. The zero-order valence-electron chi connectivity index (χ0n) is 15.3. The lowest BCUT2D eigenvalue weighted by Gasteiger charge is -2.41. The summed E-state index contributed by atoms with van der Waals surface area (Å²) in [6.45, 7) is 0. The van der Waals surface area contributed by atoms with E-state index in [9.17, 15) is 13.2 Å². The van der Waals surface area contributed by atoms with Gasteiger partial charge in [0.2, 0.25) is 0 Å². The molecule has 3 aromatic carbocycles. The summed E-state index contributed by atoms with van der Waals surface area (Å²) in [5.74, 6) is 0. The number of fused-ring (bicyclic) bond motifs is 3. The molecule has 29 heavy (non-hydrogen) atoms. The highest BCUT2D eigenvalue weighted by molar-refractivity contribution is 6.98. The summed E-state index contributed by atoms with van der Waals surface area (Å²) in [7, 11) is 0. The lowest BCUT2D eigenvalue weighted by Crippen LogP contribution is -2.86. The first-order valence-corrected chi connectivity index (χ1v) is 9.36. The smallest absolute Gasteiger partial charge is 0.450 e. The van der Waals surface area contributed by atoms with Crippen LogP contribution in [0.4, 0.5) is 18.9 Å².